The quantitative estimate of drug-likeness (QED) is 0.820. The summed E-state index contributed by atoms with van der Waals surface area (Å²) in [6.07, 6.45) is 3.95. The van der Waals surface area contributed by atoms with Gasteiger partial charge in [-0.25, -0.2) is 0 Å². The van der Waals surface area contributed by atoms with Gasteiger partial charge < -0.3 is 0 Å². The summed E-state index contributed by atoms with van der Waals surface area (Å²) in [4.78, 5) is 7.60. The van der Waals surface area contributed by atoms with E-state index in [0.29, 0.717) is 5.92 Å². The third-order valence-electron chi connectivity index (χ3n) is 4.76. The Hall–Kier alpha value is -1.41. The van der Waals surface area contributed by atoms with Gasteiger partial charge in [0.15, 0.2) is 0 Å². The third-order valence-corrected chi connectivity index (χ3v) is 4.76. The SMILES string of the molecule is CC(C)c1ccc2cc3c(nc2c1)CN(C1CC1)CC3. The Bertz CT molecular complexity index is 656. The van der Waals surface area contributed by atoms with E-state index in [0.717, 1.165) is 12.6 Å². The van der Waals surface area contributed by atoms with Crippen LogP contribution >= 0.6 is 0 Å². The predicted molar refractivity (Wildman–Crippen MR) is 83.0 cm³/mol. The van der Waals surface area contributed by atoms with Crippen molar-refractivity contribution in [2.24, 2.45) is 0 Å². The Labute approximate surface area is 120 Å². The Morgan fingerprint density at radius 3 is 2.80 bits per heavy atom. The molecule has 2 aromatic rings. The fourth-order valence-electron chi connectivity index (χ4n) is 3.27. The number of benzene rings is 1. The second-order valence-corrected chi connectivity index (χ2v) is 6.65. The van der Waals surface area contributed by atoms with E-state index in [9.17, 15) is 0 Å². The molecule has 0 spiro atoms. The maximum atomic E-state index is 4.98. The van der Waals surface area contributed by atoms with Crippen LogP contribution in [0.15, 0.2) is 24.3 Å². The van der Waals surface area contributed by atoms with Gasteiger partial charge in [0, 0.05) is 24.5 Å². The van der Waals surface area contributed by atoms with E-state index >= 15 is 0 Å². The predicted octanol–water partition coefficient (Wildman–Crippen LogP) is 3.88. The molecule has 1 aliphatic heterocycles. The third kappa shape index (κ3) is 2.12. The van der Waals surface area contributed by atoms with Crippen molar-refractivity contribution in [1.29, 1.82) is 0 Å². The van der Waals surface area contributed by atoms with Gasteiger partial charge in [-0.1, -0.05) is 26.0 Å². The van der Waals surface area contributed by atoms with E-state index in [1.54, 1.807) is 0 Å². The zero-order valence-corrected chi connectivity index (χ0v) is 12.4. The minimum absolute atomic E-state index is 0.570. The van der Waals surface area contributed by atoms with E-state index in [4.69, 9.17) is 4.98 Å². The summed E-state index contributed by atoms with van der Waals surface area (Å²) in [7, 11) is 0. The van der Waals surface area contributed by atoms with E-state index in [1.165, 1.54) is 53.5 Å². The van der Waals surface area contributed by atoms with Crippen molar-refractivity contribution in [3.63, 3.8) is 0 Å². The summed E-state index contributed by atoms with van der Waals surface area (Å²) in [5, 5.41) is 1.30. The maximum absolute atomic E-state index is 4.98. The second-order valence-electron chi connectivity index (χ2n) is 6.65. The van der Waals surface area contributed by atoms with Gasteiger partial charge in [0.05, 0.1) is 11.2 Å². The number of pyridine rings is 1. The minimum atomic E-state index is 0.570. The van der Waals surface area contributed by atoms with Crippen molar-refractivity contribution in [2.45, 2.75) is 51.6 Å². The fraction of sp³-hybridized carbons (Fsp3) is 0.500. The molecule has 4 rings (SSSR count). The first-order valence-electron chi connectivity index (χ1n) is 7.87. The molecule has 2 nitrogen and oxygen atoms in total. The lowest BCUT2D eigenvalue weighted by Crippen LogP contribution is -2.32. The fourth-order valence-corrected chi connectivity index (χ4v) is 3.27. The van der Waals surface area contributed by atoms with Gasteiger partial charge in [0.1, 0.15) is 0 Å². The molecule has 20 heavy (non-hydrogen) atoms. The summed E-state index contributed by atoms with van der Waals surface area (Å²) < 4.78 is 0. The molecule has 0 bridgehead atoms. The Kier molecular flexibility index (Phi) is 2.81. The summed E-state index contributed by atoms with van der Waals surface area (Å²) >= 11 is 0. The van der Waals surface area contributed by atoms with Crippen LogP contribution in [0.3, 0.4) is 0 Å². The molecule has 1 aromatic carbocycles. The van der Waals surface area contributed by atoms with Crippen LogP contribution < -0.4 is 0 Å². The second kappa shape index (κ2) is 4.56. The summed E-state index contributed by atoms with van der Waals surface area (Å²) in [6.45, 7) is 6.76. The number of fused-ring (bicyclic) bond motifs is 2. The Morgan fingerprint density at radius 2 is 2.05 bits per heavy atom. The van der Waals surface area contributed by atoms with Crippen LogP contribution in [0.5, 0.6) is 0 Å². The molecule has 1 aliphatic carbocycles. The molecular formula is C18H22N2. The molecule has 0 atom stereocenters. The average molecular weight is 266 g/mol. The van der Waals surface area contributed by atoms with Gasteiger partial charge in [0.25, 0.3) is 0 Å². The minimum Gasteiger partial charge on any atom is -0.294 e. The van der Waals surface area contributed by atoms with Crippen LogP contribution in [0.4, 0.5) is 0 Å². The molecule has 2 heteroatoms. The monoisotopic (exact) mass is 266 g/mol. The molecule has 0 N–H and O–H groups in total. The number of hydrogen-bond acceptors (Lipinski definition) is 2. The summed E-state index contributed by atoms with van der Waals surface area (Å²) in [5.41, 5.74) is 5.34. The van der Waals surface area contributed by atoms with Gasteiger partial charge in [-0.2, -0.15) is 0 Å². The Balaban J connectivity index is 1.75. The summed E-state index contributed by atoms with van der Waals surface area (Å²) in [6, 6.07) is 9.98. The molecule has 2 heterocycles. The molecule has 1 fully saturated rings. The lowest BCUT2D eigenvalue weighted by atomic mass is 9.98. The van der Waals surface area contributed by atoms with Crippen LogP contribution in [-0.2, 0) is 13.0 Å². The van der Waals surface area contributed by atoms with Crippen molar-refractivity contribution in [1.82, 2.24) is 9.88 Å². The molecule has 1 aromatic heterocycles. The van der Waals surface area contributed by atoms with Crippen molar-refractivity contribution in [2.75, 3.05) is 6.54 Å². The number of nitrogens with zero attached hydrogens (tertiary/aromatic N) is 2. The lowest BCUT2D eigenvalue weighted by Gasteiger charge is -2.28. The zero-order valence-electron chi connectivity index (χ0n) is 12.4. The van der Waals surface area contributed by atoms with Crippen molar-refractivity contribution >= 4 is 10.9 Å². The van der Waals surface area contributed by atoms with Gasteiger partial charge >= 0.3 is 0 Å². The molecular weight excluding hydrogens is 244 g/mol. The van der Waals surface area contributed by atoms with Crippen LogP contribution in [0.1, 0.15) is 49.4 Å². The molecule has 0 unspecified atom stereocenters. The van der Waals surface area contributed by atoms with Crippen LogP contribution in [0.25, 0.3) is 10.9 Å². The summed E-state index contributed by atoms with van der Waals surface area (Å²) in [5.74, 6) is 0.570. The van der Waals surface area contributed by atoms with Crippen molar-refractivity contribution in [3.8, 4) is 0 Å². The molecule has 0 saturated heterocycles. The normalized spacial score (nSPS) is 19.6. The molecule has 104 valence electrons. The zero-order chi connectivity index (χ0) is 13.7. The van der Waals surface area contributed by atoms with E-state index in [2.05, 4.69) is 43.0 Å². The van der Waals surface area contributed by atoms with Gasteiger partial charge in [-0.05, 0) is 48.4 Å². The molecule has 1 saturated carbocycles. The van der Waals surface area contributed by atoms with Crippen LogP contribution in [-0.4, -0.2) is 22.5 Å². The smallest absolute Gasteiger partial charge is 0.0708 e. The molecule has 2 aliphatic rings. The molecule has 0 amide bonds. The standard InChI is InChI=1S/C18H22N2/c1-12(2)13-3-4-14-9-15-7-8-20(16-5-6-16)11-18(15)19-17(14)10-13/h3-4,9-10,12,16H,5-8,11H2,1-2H3. The number of aromatic nitrogens is 1. The van der Waals surface area contributed by atoms with Crippen LogP contribution in [0, 0.1) is 0 Å². The van der Waals surface area contributed by atoms with E-state index in [-0.39, 0.29) is 0 Å². The highest BCUT2D eigenvalue weighted by Gasteiger charge is 2.31. The molecule has 0 radical (unpaired) electrons. The van der Waals surface area contributed by atoms with Crippen LogP contribution in [0.2, 0.25) is 0 Å². The highest BCUT2D eigenvalue weighted by Crippen LogP contribution is 2.32. The van der Waals surface area contributed by atoms with E-state index in [1.807, 2.05) is 0 Å². The Morgan fingerprint density at radius 1 is 1.20 bits per heavy atom. The van der Waals surface area contributed by atoms with Crippen molar-refractivity contribution < 1.29 is 0 Å². The lowest BCUT2D eigenvalue weighted by molar-refractivity contribution is 0.240. The number of rotatable bonds is 2. The largest absolute Gasteiger partial charge is 0.294 e. The van der Waals surface area contributed by atoms with Gasteiger partial charge in [-0.15, -0.1) is 0 Å². The first kappa shape index (κ1) is 12.3. The average Bonchev–Trinajstić information content (AvgIpc) is 3.28. The van der Waals surface area contributed by atoms with E-state index < -0.39 is 0 Å². The highest BCUT2D eigenvalue weighted by atomic mass is 15.2. The first-order valence-corrected chi connectivity index (χ1v) is 7.87. The van der Waals surface area contributed by atoms with Gasteiger partial charge in [0.2, 0.25) is 0 Å². The first-order chi connectivity index (χ1) is 9.70. The highest BCUT2D eigenvalue weighted by molar-refractivity contribution is 5.80. The maximum Gasteiger partial charge on any atom is 0.0708 e. The topological polar surface area (TPSA) is 16.1 Å². The van der Waals surface area contributed by atoms with Crippen molar-refractivity contribution in [3.05, 3.63) is 41.1 Å². The van der Waals surface area contributed by atoms with Gasteiger partial charge in [-0.3, -0.25) is 9.88 Å². The number of hydrogen-bond donors (Lipinski definition) is 0.